The largest absolute Gasteiger partial charge is 0.456 e. The van der Waals surface area contributed by atoms with E-state index in [4.69, 9.17) is 23.8 Å². The van der Waals surface area contributed by atoms with E-state index in [2.05, 4.69) is 114 Å². The van der Waals surface area contributed by atoms with E-state index in [1.54, 1.807) is 0 Å². The third kappa shape index (κ3) is 4.71. The molecule has 13 rings (SSSR count). The van der Waals surface area contributed by atoms with Crippen LogP contribution in [-0.4, -0.2) is 19.5 Å². The topological polar surface area (TPSA) is 69.9 Å². The Balaban J connectivity index is 1.10. The summed E-state index contributed by atoms with van der Waals surface area (Å²) in [5.74, 6) is 1.72. The van der Waals surface area contributed by atoms with Crippen LogP contribution in [0.4, 0.5) is 0 Å². The molecule has 0 radical (unpaired) electrons. The number of rotatable bonds is 4. The summed E-state index contributed by atoms with van der Waals surface area (Å²) in [4.78, 5) is 15.6. The van der Waals surface area contributed by atoms with Gasteiger partial charge in [0.05, 0.1) is 16.7 Å². The van der Waals surface area contributed by atoms with Gasteiger partial charge < -0.3 is 13.4 Å². The first-order valence-corrected chi connectivity index (χ1v) is 19.8. The lowest BCUT2D eigenvalue weighted by Crippen LogP contribution is -2.00. The molecule has 0 unspecified atom stereocenters. The quantitative estimate of drug-likeness (QED) is 0.179. The van der Waals surface area contributed by atoms with E-state index >= 15 is 0 Å². The van der Waals surface area contributed by atoms with Crippen molar-refractivity contribution in [3.63, 3.8) is 0 Å². The van der Waals surface area contributed by atoms with Crippen molar-refractivity contribution < 1.29 is 8.83 Å². The molecule has 4 heterocycles. The number of furan rings is 2. The fourth-order valence-electron chi connectivity index (χ4n) is 9.24. The van der Waals surface area contributed by atoms with Crippen molar-refractivity contribution in [1.82, 2.24) is 19.5 Å². The summed E-state index contributed by atoms with van der Waals surface area (Å²) in [6, 6.07) is 63.2. The molecule has 0 saturated heterocycles. The van der Waals surface area contributed by atoms with Crippen LogP contribution >= 0.6 is 0 Å². The summed E-state index contributed by atoms with van der Waals surface area (Å²) in [5.41, 5.74) is 9.17. The van der Waals surface area contributed by atoms with Crippen molar-refractivity contribution in [2.75, 3.05) is 0 Å². The average molecular weight is 755 g/mol. The third-order valence-corrected chi connectivity index (χ3v) is 11.8. The van der Waals surface area contributed by atoms with Gasteiger partial charge in [-0.3, -0.25) is 0 Å². The Morgan fingerprint density at radius 1 is 0.339 bits per heavy atom. The number of hydrogen-bond acceptors (Lipinski definition) is 5. The molecule has 6 nitrogen and oxygen atoms in total. The van der Waals surface area contributed by atoms with Crippen LogP contribution in [0.25, 0.3) is 127 Å². The second-order valence-electron chi connectivity index (χ2n) is 15.1. The Morgan fingerprint density at radius 3 is 1.71 bits per heavy atom. The van der Waals surface area contributed by atoms with Crippen LogP contribution in [0.5, 0.6) is 0 Å². The Bertz CT molecular complexity index is 3860. The fraction of sp³-hybridized carbons (Fsp3) is 0. The van der Waals surface area contributed by atoms with Crippen LogP contribution in [0.15, 0.2) is 191 Å². The van der Waals surface area contributed by atoms with E-state index in [9.17, 15) is 0 Å². The van der Waals surface area contributed by atoms with Gasteiger partial charge in [0.25, 0.3) is 0 Å². The van der Waals surface area contributed by atoms with E-state index in [1.165, 1.54) is 21.5 Å². The van der Waals surface area contributed by atoms with Gasteiger partial charge in [-0.25, -0.2) is 15.0 Å². The number of benzene rings is 9. The summed E-state index contributed by atoms with van der Waals surface area (Å²) >= 11 is 0. The molecule has 0 atom stereocenters. The highest BCUT2D eigenvalue weighted by Crippen LogP contribution is 2.44. The molecule has 0 amide bonds. The summed E-state index contributed by atoms with van der Waals surface area (Å²) < 4.78 is 15.6. The van der Waals surface area contributed by atoms with Crippen LogP contribution in [0.2, 0.25) is 0 Å². The summed E-state index contributed by atoms with van der Waals surface area (Å²) in [7, 11) is 0. The number of para-hydroxylation sites is 2. The van der Waals surface area contributed by atoms with Crippen LogP contribution in [0, 0.1) is 0 Å². The minimum Gasteiger partial charge on any atom is -0.456 e. The minimum absolute atomic E-state index is 0.564. The van der Waals surface area contributed by atoms with Crippen LogP contribution in [-0.2, 0) is 0 Å². The zero-order chi connectivity index (χ0) is 38.6. The fourth-order valence-corrected chi connectivity index (χ4v) is 9.24. The standard InChI is InChI=1S/C53H30N4O2/c1-2-14-31(15-3-1)51-54-52(38-22-12-26-45-48(38)37-21-9-11-25-44(37)58-45)56-53(55-51)39-23-13-27-46-50(39)49-36-20-7-6-18-34(36)43(30-47(49)59-46)57-41-24-10-8-19-35(41)40-28-32-16-4-5-17-33(32)29-42(40)57/h1-30H. The molecule has 0 spiro atoms. The Hall–Kier alpha value is -8.09. The van der Waals surface area contributed by atoms with Gasteiger partial charge in [-0.05, 0) is 52.6 Å². The molecule has 0 aliphatic carbocycles. The Morgan fingerprint density at radius 2 is 0.915 bits per heavy atom. The SMILES string of the molecule is c1ccc(-c2nc(-c3cccc4oc5ccccc5c34)nc(-c3cccc4oc5cc(-n6c7ccccc7c7cc8ccccc8cc76)c6ccccc6c5c34)n2)cc1. The molecular formula is C53H30N4O2. The smallest absolute Gasteiger partial charge is 0.164 e. The highest BCUT2D eigenvalue weighted by atomic mass is 16.3. The molecule has 0 bridgehead atoms. The van der Waals surface area contributed by atoms with Crippen molar-refractivity contribution in [2.24, 2.45) is 0 Å². The van der Waals surface area contributed by atoms with Crippen molar-refractivity contribution in [2.45, 2.75) is 0 Å². The van der Waals surface area contributed by atoms with Crippen molar-refractivity contribution >= 4 is 87.2 Å². The van der Waals surface area contributed by atoms with Gasteiger partial charge in [0.1, 0.15) is 22.3 Å². The first kappa shape index (κ1) is 32.0. The first-order chi connectivity index (χ1) is 29.2. The molecule has 0 aliphatic heterocycles. The van der Waals surface area contributed by atoms with Crippen molar-refractivity contribution in [3.05, 3.63) is 182 Å². The lowest BCUT2D eigenvalue weighted by atomic mass is 9.99. The van der Waals surface area contributed by atoms with Gasteiger partial charge in [-0.15, -0.1) is 0 Å². The maximum Gasteiger partial charge on any atom is 0.164 e. The highest BCUT2D eigenvalue weighted by molar-refractivity contribution is 6.25. The van der Waals surface area contributed by atoms with Crippen LogP contribution in [0.3, 0.4) is 0 Å². The van der Waals surface area contributed by atoms with E-state index < -0.39 is 0 Å². The van der Waals surface area contributed by atoms with Crippen molar-refractivity contribution in [3.8, 4) is 39.9 Å². The molecule has 0 saturated carbocycles. The zero-order valence-electron chi connectivity index (χ0n) is 31.4. The molecule has 4 aromatic heterocycles. The van der Waals surface area contributed by atoms with Gasteiger partial charge in [0, 0.05) is 60.5 Å². The predicted molar refractivity (Wildman–Crippen MR) is 240 cm³/mol. The first-order valence-electron chi connectivity index (χ1n) is 19.8. The summed E-state index contributed by atoms with van der Waals surface area (Å²) in [5, 5.41) is 11.0. The Labute approximate surface area is 336 Å². The summed E-state index contributed by atoms with van der Waals surface area (Å²) in [6.07, 6.45) is 0. The second-order valence-corrected chi connectivity index (χ2v) is 15.1. The van der Waals surface area contributed by atoms with Gasteiger partial charge >= 0.3 is 0 Å². The molecule has 13 aromatic rings. The van der Waals surface area contributed by atoms with Gasteiger partial charge in [-0.2, -0.15) is 0 Å². The molecule has 274 valence electrons. The normalized spacial score (nSPS) is 12.1. The molecule has 0 aliphatic rings. The minimum atomic E-state index is 0.564. The summed E-state index contributed by atoms with van der Waals surface area (Å²) in [6.45, 7) is 0. The van der Waals surface area contributed by atoms with Gasteiger partial charge in [-0.1, -0.05) is 140 Å². The van der Waals surface area contributed by atoms with E-state index in [1.807, 2.05) is 72.8 Å². The maximum atomic E-state index is 6.88. The van der Waals surface area contributed by atoms with E-state index in [0.717, 1.165) is 88.1 Å². The lowest BCUT2D eigenvalue weighted by Gasteiger charge is -2.13. The van der Waals surface area contributed by atoms with Gasteiger partial charge in [0.2, 0.25) is 0 Å². The van der Waals surface area contributed by atoms with Crippen molar-refractivity contribution in [1.29, 1.82) is 0 Å². The molecule has 6 heteroatoms. The van der Waals surface area contributed by atoms with E-state index in [0.29, 0.717) is 17.5 Å². The molecule has 59 heavy (non-hydrogen) atoms. The molecule has 0 fully saturated rings. The van der Waals surface area contributed by atoms with Gasteiger partial charge in [0.15, 0.2) is 17.5 Å². The number of fused-ring (bicyclic) bond motifs is 12. The predicted octanol–water partition coefficient (Wildman–Crippen LogP) is 14.1. The Kier molecular flexibility index (Phi) is 6.63. The zero-order valence-corrected chi connectivity index (χ0v) is 31.4. The number of hydrogen-bond donors (Lipinski definition) is 0. The maximum absolute atomic E-state index is 6.88. The molecule has 9 aromatic carbocycles. The molecule has 0 N–H and O–H groups in total. The highest BCUT2D eigenvalue weighted by Gasteiger charge is 2.23. The third-order valence-electron chi connectivity index (χ3n) is 11.8. The monoisotopic (exact) mass is 754 g/mol. The molecular weight excluding hydrogens is 725 g/mol. The second kappa shape index (κ2) is 12.2. The average Bonchev–Trinajstić information content (AvgIpc) is 3.97. The van der Waals surface area contributed by atoms with E-state index in [-0.39, 0.29) is 0 Å². The number of nitrogens with zero attached hydrogens (tertiary/aromatic N) is 4. The number of aromatic nitrogens is 4. The lowest BCUT2D eigenvalue weighted by molar-refractivity contribution is 0.668. The van der Waals surface area contributed by atoms with Crippen LogP contribution in [0.1, 0.15) is 0 Å². The van der Waals surface area contributed by atoms with Crippen LogP contribution < -0.4 is 0 Å².